The normalized spacial score (nSPS) is 26.0. The molecular formula is C22H29N3O4. The summed E-state index contributed by atoms with van der Waals surface area (Å²) in [5.74, 6) is -0.177. The molecule has 2 unspecified atom stereocenters. The molecule has 4 rings (SSSR count). The zero-order valence-electron chi connectivity index (χ0n) is 17.1. The Balaban J connectivity index is 1.51. The highest BCUT2D eigenvalue weighted by Gasteiger charge is 2.55. The van der Waals surface area contributed by atoms with Crippen LogP contribution in [-0.2, 0) is 9.59 Å². The van der Waals surface area contributed by atoms with Gasteiger partial charge in [0.15, 0.2) is 0 Å². The van der Waals surface area contributed by atoms with Crippen molar-refractivity contribution in [2.24, 2.45) is 11.3 Å². The molecule has 2 N–H and O–H groups in total. The van der Waals surface area contributed by atoms with Gasteiger partial charge in [-0.3, -0.25) is 19.7 Å². The Morgan fingerprint density at radius 1 is 1.28 bits per heavy atom. The second kappa shape index (κ2) is 7.80. The van der Waals surface area contributed by atoms with Gasteiger partial charge in [-0.05, 0) is 49.8 Å². The van der Waals surface area contributed by atoms with E-state index < -0.39 is 17.9 Å². The van der Waals surface area contributed by atoms with E-state index in [2.05, 4.69) is 6.08 Å². The molecule has 1 saturated carbocycles. The van der Waals surface area contributed by atoms with Crippen molar-refractivity contribution in [1.29, 1.82) is 0 Å². The monoisotopic (exact) mass is 399 g/mol. The summed E-state index contributed by atoms with van der Waals surface area (Å²) in [6.45, 7) is 1.94. The molecule has 7 nitrogen and oxygen atoms in total. The molecule has 1 saturated heterocycles. The van der Waals surface area contributed by atoms with Crippen LogP contribution in [0.5, 0.6) is 5.75 Å². The molecule has 3 aliphatic rings. The van der Waals surface area contributed by atoms with Gasteiger partial charge >= 0.3 is 0 Å². The van der Waals surface area contributed by atoms with E-state index in [0.717, 1.165) is 37.1 Å². The maximum Gasteiger partial charge on any atom is 0.248 e. The number of hydrogen-bond donors (Lipinski definition) is 2. The van der Waals surface area contributed by atoms with Crippen LogP contribution in [0, 0.1) is 11.3 Å². The van der Waals surface area contributed by atoms with Crippen LogP contribution in [0.1, 0.15) is 31.2 Å². The van der Waals surface area contributed by atoms with Crippen LogP contribution in [0.15, 0.2) is 30.3 Å². The van der Waals surface area contributed by atoms with E-state index in [0.29, 0.717) is 19.5 Å². The highest BCUT2D eigenvalue weighted by Crippen LogP contribution is 2.54. The lowest BCUT2D eigenvalue weighted by Crippen LogP contribution is -2.59. The van der Waals surface area contributed by atoms with Crippen molar-refractivity contribution in [3.05, 3.63) is 35.9 Å². The standard InChI is InChI=1S/C22H29N3O4/c1-24-14-22(9-10-22)13-17(20(26)23-28)19(24)21(27)25-11-7-15(8-12-25)16-5-3-4-6-18(16)29-2/h3-7,17,19,28H,8-14H2,1-2H3,(H,23,26). The van der Waals surface area contributed by atoms with Crippen LogP contribution in [0.4, 0.5) is 0 Å². The smallest absolute Gasteiger partial charge is 0.248 e. The van der Waals surface area contributed by atoms with Gasteiger partial charge in [0.2, 0.25) is 11.8 Å². The number of hydroxylamine groups is 1. The van der Waals surface area contributed by atoms with Crippen LogP contribution in [0.2, 0.25) is 0 Å². The predicted octanol–water partition coefficient (Wildman–Crippen LogP) is 1.92. The van der Waals surface area contributed by atoms with Crippen LogP contribution >= 0.6 is 0 Å². The van der Waals surface area contributed by atoms with E-state index in [1.54, 1.807) is 12.6 Å². The Bertz CT molecular complexity index is 833. The van der Waals surface area contributed by atoms with Gasteiger partial charge in [0, 0.05) is 25.2 Å². The number of likely N-dealkylation sites (N-methyl/N-ethyl adjacent to an activating group) is 1. The lowest BCUT2D eigenvalue weighted by atomic mass is 9.80. The highest BCUT2D eigenvalue weighted by molar-refractivity contribution is 5.90. The second-order valence-electron chi connectivity index (χ2n) is 8.61. The van der Waals surface area contributed by atoms with Crippen molar-refractivity contribution < 1.29 is 19.5 Å². The summed E-state index contributed by atoms with van der Waals surface area (Å²) < 4.78 is 5.46. The van der Waals surface area contributed by atoms with Crippen LogP contribution < -0.4 is 10.2 Å². The molecule has 29 heavy (non-hydrogen) atoms. The van der Waals surface area contributed by atoms with Crippen molar-refractivity contribution in [3.63, 3.8) is 0 Å². The first-order valence-electron chi connectivity index (χ1n) is 10.2. The van der Waals surface area contributed by atoms with Crippen LogP contribution in [-0.4, -0.2) is 66.7 Å². The van der Waals surface area contributed by atoms with Gasteiger partial charge in [0.05, 0.1) is 13.0 Å². The summed E-state index contributed by atoms with van der Waals surface area (Å²) >= 11 is 0. The number of benzene rings is 1. The predicted molar refractivity (Wildman–Crippen MR) is 108 cm³/mol. The maximum absolute atomic E-state index is 13.4. The fourth-order valence-corrected chi connectivity index (χ4v) is 5.01. The topological polar surface area (TPSA) is 82.1 Å². The molecule has 2 atom stereocenters. The summed E-state index contributed by atoms with van der Waals surface area (Å²) in [5, 5.41) is 9.22. The molecule has 2 amide bonds. The van der Waals surface area contributed by atoms with Crippen molar-refractivity contribution in [1.82, 2.24) is 15.3 Å². The molecule has 1 aliphatic carbocycles. The number of likely N-dealkylation sites (tertiary alicyclic amines) is 1. The number of nitrogens with one attached hydrogen (secondary N) is 1. The Labute approximate surface area is 171 Å². The lowest BCUT2D eigenvalue weighted by Gasteiger charge is -2.43. The first-order chi connectivity index (χ1) is 14.0. The van der Waals surface area contributed by atoms with Crippen LogP contribution in [0.25, 0.3) is 5.57 Å². The van der Waals surface area contributed by atoms with Gasteiger partial charge in [-0.15, -0.1) is 0 Å². The molecule has 0 radical (unpaired) electrons. The van der Waals surface area contributed by atoms with Crippen molar-refractivity contribution >= 4 is 17.4 Å². The third kappa shape index (κ3) is 3.76. The summed E-state index contributed by atoms with van der Waals surface area (Å²) in [6, 6.07) is 7.37. The third-order valence-corrected chi connectivity index (χ3v) is 6.72. The number of piperidine rings is 1. The summed E-state index contributed by atoms with van der Waals surface area (Å²) in [4.78, 5) is 29.5. The lowest BCUT2D eigenvalue weighted by molar-refractivity contribution is -0.150. The zero-order chi connectivity index (χ0) is 20.6. The van der Waals surface area contributed by atoms with Crippen molar-refractivity contribution in [2.75, 3.05) is 33.8 Å². The van der Waals surface area contributed by atoms with E-state index in [9.17, 15) is 14.8 Å². The van der Waals surface area contributed by atoms with Gasteiger partial charge in [0.1, 0.15) is 11.8 Å². The highest BCUT2D eigenvalue weighted by atomic mass is 16.5. The first-order valence-corrected chi connectivity index (χ1v) is 10.2. The molecular weight excluding hydrogens is 370 g/mol. The van der Waals surface area contributed by atoms with E-state index >= 15 is 0 Å². The SMILES string of the molecule is COc1ccccc1C1=CCN(C(=O)C2C(C(=O)NO)CC3(CC3)CN2C)CC1. The maximum atomic E-state index is 13.4. The number of carbonyl (C=O) groups is 2. The first kappa shape index (κ1) is 19.9. The fraction of sp³-hybridized carbons (Fsp3) is 0.545. The number of methoxy groups -OCH3 is 1. The largest absolute Gasteiger partial charge is 0.496 e. The van der Waals surface area contributed by atoms with Gasteiger partial charge in [-0.1, -0.05) is 24.3 Å². The van der Waals surface area contributed by atoms with Crippen LogP contribution in [0.3, 0.4) is 0 Å². The minimum atomic E-state index is -0.533. The molecule has 1 aromatic rings. The second-order valence-corrected chi connectivity index (χ2v) is 8.61. The number of amides is 2. The molecule has 1 aromatic carbocycles. The van der Waals surface area contributed by atoms with Gasteiger partial charge in [-0.2, -0.15) is 0 Å². The van der Waals surface area contributed by atoms with Gasteiger partial charge < -0.3 is 9.64 Å². The molecule has 156 valence electrons. The van der Waals surface area contributed by atoms with E-state index in [1.165, 1.54) is 5.57 Å². The minimum absolute atomic E-state index is 0.0353. The minimum Gasteiger partial charge on any atom is -0.496 e. The molecule has 7 heteroatoms. The molecule has 0 aromatic heterocycles. The fourth-order valence-electron chi connectivity index (χ4n) is 5.01. The van der Waals surface area contributed by atoms with E-state index in [4.69, 9.17) is 4.74 Å². The van der Waals surface area contributed by atoms with E-state index in [-0.39, 0.29) is 11.3 Å². The van der Waals surface area contributed by atoms with Crippen molar-refractivity contribution in [2.45, 2.75) is 31.7 Å². The quantitative estimate of drug-likeness (QED) is 0.597. The molecule has 1 spiro atoms. The average molecular weight is 399 g/mol. The van der Waals surface area contributed by atoms with Gasteiger partial charge in [0.25, 0.3) is 0 Å². The van der Waals surface area contributed by atoms with E-state index in [1.807, 2.05) is 41.1 Å². The molecule has 2 heterocycles. The number of rotatable bonds is 4. The number of nitrogens with zero attached hydrogens (tertiary/aromatic N) is 2. The van der Waals surface area contributed by atoms with Crippen molar-refractivity contribution in [3.8, 4) is 5.75 Å². The molecule has 2 fully saturated rings. The Kier molecular flexibility index (Phi) is 5.36. The number of carbonyl (C=O) groups excluding carboxylic acids is 2. The van der Waals surface area contributed by atoms with Gasteiger partial charge in [-0.25, -0.2) is 5.48 Å². The number of ether oxygens (including phenoxy) is 1. The summed E-state index contributed by atoms with van der Waals surface area (Å²) in [6.07, 6.45) is 5.65. The number of hydrogen-bond acceptors (Lipinski definition) is 5. The summed E-state index contributed by atoms with van der Waals surface area (Å²) in [5.41, 5.74) is 4.16. The summed E-state index contributed by atoms with van der Waals surface area (Å²) in [7, 11) is 3.58. The molecule has 0 bridgehead atoms. The Morgan fingerprint density at radius 2 is 2.03 bits per heavy atom. The molecule has 2 aliphatic heterocycles. The third-order valence-electron chi connectivity index (χ3n) is 6.72. The average Bonchev–Trinajstić information content (AvgIpc) is 3.50. The Morgan fingerprint density at radius 3 is 2.66 bits per heavy atom. The number of para-hydroxylation sites is 1. The zero-order valence-corrected chi connectivity index (χ0v) is 17.1. The Hall–Kier alpha value is -2.38.